The number of allylic oxidation sites excluding steroid dienone is 2. The van der Waals surface area contributed by atoms with Gasteiger partial charge in [-0.3, -0.25) is 0 Å². The van der Waals surface area contributed by atoms with Crippen LogP contribution in [0.2, 0.25) is 0 Å². The van der Waals surface area contributed by atoms with Gasteiger partial charge in [0.15, 0.2) is 11.0 Å². The van der Waals surface area contributed by atoms with Crippen LogP contribution in [0, 0.1) is 0 Å². The molecule has 0 amide bonds. The first-order valence-corrected chi connectivity index (χ1v) is 14.9. The Balaban J connectivity index is 1.79. The molecular weight excluding hydrogens is 548 g/mol. The summed E-state index contributed by atoms with van der Waals surface area (Å²) in [5.41, 5.74) is 4.96. The number of nitrogens with zero attached hydrogens (tertiary/aromatic N) is 4. The molecule has 1 aliphatic rings. The first kappa shape index (κ1) is 31.8. The van der Waals surface area contributed by atoms with Crippen molar-refractivity contribution in [2.75, 3.05) is 63.5 Å². The van der Waals surface area contributed by atoms with Crippen molar-refractivity contribution >= 4 is 40.4 Å². The normalized spacial score (nSPS) is 13.9. The molecule has 0 atom stereocenters. The van der Waals surface area contributed by atoms with E-state index in [9.17, 15) is 9.59 Å². The maximum Gasteiger partial charge on any atom is 0.338 e. The van der Waals surface area contributed by atoms with Crippen LogP contribution >= 0.6 is 0 Å². The molecule has 2 heterocycles. The fourth-order valence-corrected chi connectivity index (χ4v) is 5.48. The molecule has 1 aromatic heterocycles. The van der Waals surface area contributed by atoms with Crippen LogP contribution in [-0.4, -0.2) is 70.2 Å². The number of esters is 2. The number of anilines is 2. The van der Waals surface area contributed by atoms with Crippen LogP contribution in [0.4, 0.5) is 11.4 Å². The molecule has 0 aliphatic carbocycles. The minimum Gasteiger partial charge on any atom is -0.462 e. The number of carbonyl (C=O) groups is 2. The van der Waals surface area contributed by atoms with Crippen LogP contribution in [0.5, 0.6) is 0 Å². The number of methoxy groups -OCH3 is 2. The molecule has 43 heavy (non-hydrogen) atoms. The molecular formula is C33H43N4O6+. The van der Waals surface area contributed by atoms with Crippen molar-refractivity contribution in [2.45, 2.75) is 40.8 Å². The lowest BCUT2D eigenvalue weighted by Gasteiger charge is -2.24. The van der Waals surface area contributed by atoms with Crippen LogP contribution in [0.1, 0.15) is 54.2 Å². The van der Waals surface area contributed by atoms with Crippen LogP contribution in [0.25, 0.3) is 17.1 Å². The molecule has 4 rings (SSSR count). The van der Waals surface area contributed by atoms with E-state index >= 15 is 0 Å². The maximum absolute atomic E-state index is 12.5. The highest BCUT2D eigenvalue weighted by molar-refractivity contribution is 5.95. The number of fused-ring (bicyclic) bond motifs is 2. The maximum atomic E-state index is 12.5. The molecule has 0 fully saturated rings. The Morgan fingerprint density at radius 1 is 0.814 bits per heavy atom. The monoisotopic (exact) mass is 591 g/mol. The third kappa shape index (κ3) is 6.60. The van der Waals surface area contributed by atoms with Gasteiger partial charge in [0.2, 0.25) is 0 Å². The molecule has 2 aromatic carbocycles. The quantitative estimate of drug-likeness (QED) is 0.195. The molecule has 230 valence electrons. The number of aromatic nitrogens is 2. The van der Waals surface area contributed by atoms with Gasteiger partial charge in [0.05, 0.1) is 55.5 Å². The van der Waals surface area contributed by atoms with Crippen molar-refractivity contribution < 1.29 is 33.1 Å². The average molecular weight is 592 g/mol. The van der Waals surface area contributed by atoms with Crippen molar-refractivity contribution in [3.8, 4) is 0 Å². The number of benzene rings is 2. The molecule has 10 nitrogen and oxygen atoms in total. The van der Waals surface area contributed by atoms with Crippen molar-refractivity contribution in [2.24, 2.45) is 0 Å². The predicted octanol–water partition coefficient (Wildman–Crippen LogP) is 4.80. The number of carbonyl (C=O) groups excluding carboxylic acids is 2. The molecule has 10 heteroatoms. The lowest BCUT2D eigenvalue weighted by atomic mass is 10.1. The Morgan fingerprint density at radius 2 is 1.47 bits per heavy atom. The van der Waals surface area contributed by atoms with E-state index in [0.29, 0.717) is 50.6 Å². The Morgan fingerprint density at radius 3 is 2.09 bits per heavy atom. The van der Waals surface area contributed by atoms with Gasteiger partial charge in [-0.1, -0.05) is 6.08 Å². The number of hydrogen-bond acceptors (Lipinski definition) is 8. The van der Waals surface area contributed by atoms with Gasteiger partial charge in [0.1, 0.15) is 12.4 Å². The Bertz CT molecular complexity index is 1510. The molecule has 0 radical (unpaired) electrons. The SMILES string of the molecule is CCOC(=O)c1ccc2c(c1)N(CCOC)C(=CC=Cc1n(CCOC)c3cc(C(=O)OCC)ccc3[n+]1CC)N2CC. The largest absolute Gasteiger partial charge is 0.462 e. The Kier molecular flexibility index (Phi) is 11.0. The third-order valence-corrected chi connectivity index (χ3v) is 7.40. The summed E-state index contributed by atoms with van der Waals surface area (Å²) >= 11 is 0. The van der Waals surface area contributed by atoms with E-state index in [4.69, 9.17) is 18.9 Å². The summed E-state index contributed by atoms with van der Waals surface area (Å²) in [6.07, 6.45) is 6.23. The number of hydrogen-bond donors (Lipinski definition) is 0. The van der Waals surface area contributed by atoms with E-state index in [1.165, 1.54) is 0 Å². The molecule has 0 bridgehead atoms. The van der Waals surface area contributed by atoms with E-state index in [2.05, 4.69) is 44.9 Å². The molecule has 0 N–H and O–H groups in total. The Labute approximate surface area is 253 Å². The number of imidazole rings is 1. The minimum atomic E-state index is -0.337. The summed E-state index contributed by atoms with van der Waals surface area (Å²) < 4.78 is 25.8. The standard InChI is InChI=1S/C33H43N4O6/c1-7-34-26-16-14-24(32(38)42-9-3)22-28(26)36(18-20-40-5)30(34)12-11-13-31-35(8-2)27-17-15-25(33(39)43-10-4)23-29(27)37(31)19-21-41-6/h11-17,22-23H,7-10,18-21H2,1-6H3/q+1. The summed E-state index contributed by atoms with van der Waals surface area (Å²) in [6, 6.07) is 11.4. The molecule has 0 spiro atoms. The highest BCUT2D eigenvalue weighted by atomic mass is 16.5. The zero-order valence-electron chi connectivity index (χ0n) is 26.1. The average Bonchev–Trinajstić information content (AvgIpc) is 3.48. The second-order valence-electron chi connectivity index (χ2n) is 9.87. The Hall–Kier alpha value is -4.15. The first-order chi connectivity index (χ1) is 20.9. The van der Waals surface area contributed by atoms with Crippen LogP contribution in [0.3, 0.4) is 0 Å². The highest BCUT2D eigenvalue weighted by Crippen LogP contribution is 2.42. The molecule has 3 aromatic rings. The van der Waals surface area contributed by atoms with E-state index in [1.54, 1.807) is 28.1 Å². The summed E-state index contributed by atoms with van der Waals surface area (Å²) in [4.78, 5) is 29.4. The van der Waals surface area contributed by atoms with Gasteiger partial charge >= 0.3 is 11.9 Å². The van der Waals surface area contributed by atoms with E-state index in [1.807, 2.05) is 42.5 Å². The number of ether oxygens (including phenoxy) is 4. The van der Waals surface area contributed by atoms with Crippen molar-refractivity contribution in [3.63, 3.8) is 0 Å². The van der Waals surface area contributed by atoms with Gasteiger partial charge < -0.3 is 28.7 Å². The van der Waals surface area contributed by atoms with E-state index in [-0.39, 0.29) is 11.9 Å². The van der Waals surface area contributed by atoms with Gasteiger partial charge in [-0.15, -0.1) is 0 Å². The summed E-state index contributed by atoms with van der Waals surface area (Å²) in [7, 11) is 3.37. The van der Waals surface area contributed by atoms with Gasteiger partial charge in [-0.2, -0.15) is 0 Å². The van der Waals surface area contributed by atoms with Crippen molar-refractivity contribution in [3.05, 3.63) is 71.3 Å². The lowest BCUT2D eigenvalue weighted by Crippen LogP contribution is -2.35. The van der Waals surface area contributed by atoms with Crippen LogP contribution < -0.4 is 14.4 Å². The topological polar surface area (TPSA) is 86.3 Å². The fourth-order valence-electron chi connectivity index (χ4n) is 5.48. The second kappa shape index (κ2) is 14.8. The third-order valence-electron chi connectivity index (χ3n) is 7.40. The number of rotatable bonds is 14. The van der Waals surface area contributed by atoms with Crippen LogP contribution in [-0.2, 0) is 32.0 Å². The van der Waals surface area contributed by atoms with Gasteiger partial charge in [-0.25, -0.2) is 18.7 Å². The number of aryl methyl sites for hydroxylation is 1. The summed E-state index contributed by atoms with van der Waals surface area (Å²) in [5, 5.41) is 0. The molecule has 0 unspecified atom stereocenters. The molecule has 1 aliphatic heterocycles. The smallest absolute Gasteiger partial charge is 0.338 e. The first-order valence-electron chi connectivity index (χ1n) is 14.9. The summed E-state index contributed by atoms with van der Waals surface area (Å²) in [6.45, 7) is 12.2. The van der Waals surface area contributed by atoms with Gasteiger partial charge in [0.25, 0.3) is 5.82 Å². The molecule has 0 saturated heterocycles. The van der Waals surface area contributed by atoms with E-state index in [0.717, 1.165) is 47.1 Å². The second-order valence-corrected chi connectivity index (χ2v) is 9.87. The van der Waals surface area contributed by atoms with Crippen molar-refractivity contribution in [1.29, 1.82) is 0 Å². The van der Waals surface area contributed by atoms with Crippen molar-refractivity contribution in [1.82, 2.24) is 4.57 Å². The minimum absolute atomic E-state index is 0.323. The molecule has 0 saturated carbocycles. The van der Waals surface area contributed by atoms with Gasteiger partial charge in [-0.05, 0) is 64.1 Å². The van der Waals surface area contributed by atoms with Gasteiger partial charge in [0, 0.05) is 39.5 Å². The van der Waals surface area contributed by atoms with E-state index < -0.39 is 0 Å². The fraction of sp³-hybridized carbons (Fsp3) is 0.424. The zero-order chi connectivity index (χ0) is 30.9. The zero-order valence-corrected chi connectivity index (χ0v) is 26.1. The summed E-state index contributed by atoms with van der Waals surface area (Å²) in [5.74, 6) is 1.30. The highest BCUT2D eigenvalue weighted by Gasteiger charge is 2.31. The van der Waals surface area contributed by atoms with Crippen LogP contribution in [0.15, 0.2) is 54.4 Å². The lowest BCUT2D eigenvalue weighted by molar-refractivity contribution is -0.670. The predicted molar refractivity (Wildman–Crippen MR) is 167 cm³/mol.